The largest absolute Gasteiger partial charge is 0.328 e. The molecule has 0 bridgehead atoms. The van der Waals surface area contributed by atoms with E-state index in [4.69, 9.17) is 16.6 Å². The number of halogens is 1. The second-order valence-corrected chi connectivity index (χ2v) is 11.3. The van der Waals surface area contributed by atoms with E-state index in [2.05, 4.69) is 26.0 Å². The van der Waals surface area contributed by atoms with E-state index >= 15 is 0 Å². The lowest BCUT2D eigenvalue weighted by molar-refractivity contribution is -0.936. The van der Waals surface area contributed by atoms with Gasteiger partial charge in [-0.15, -0.1) is 11.3 Å². The molecule has 5 rings (SSSR count). The van der Waals surface area contributed by atoms with Crippen LogP contribution in [0.2, 0.25) is 5.02 Å². The van der Waals surface area contributed by atoms with E-state index in [9.17, 15) is 4.79 Å². The Morgan fingerprint density at radius 1 is 1.12 bits per heavy atom. The molecule has 0 radical (unpaired) electrons. The van der Waals surface area contributed by atoms with Gasteiger partial charge in [-0.1, -0.05) is 65.8 Å². The summed E-state index contributed by atoms with van der Waals surface area (Å²) in [5.41, 5.74) is 3.58. The van der Waals surface area contributed by atoms with Crippen LogP contribution in [0.3, 0.4) is 0 Å². The minimum atomic E-state index is 0.0907. The van der Waals surface area contributed by atoms with Crippen molar-refractivity contribution in [2.45, 2.75) is 50.3 Å². The van der Waals surface area contributed by atoms with Gasteiger partial charge in [0.05, 0.1) is 29.4 Å². The first kappa shape index (κ1) is 22.7. The Labute approximate surface area is 207 Å². The highest BCUT2D eigenvalue weighted by Gasteiger charge is 2.28. The van der Waals surface area contributed by atoms with E-state index in [1.807, 2.05) is 47.0 Å². The van der Waals surface area contributed by atoms with E-state index in [0.717, 1.165) is 56.8 Å². The van der Waals surface area contributed by atoms with Crippen molar-refractivity contribution in [1.82, 2.24) is 9.55 Å². The second kappa shape index (κ2) is 9.63. The van der Waals surface area contributed by atoms with Crippen LogP contribution in [0, 0.1) is 0 Å². The molecule has 1 atom stereocenters. The Morgan fingerprint density at radius 2 is 1.88 bits per heavy atom. The quantitative estimate of drug-likeness (QED) is 0.308. The number of quaternary nitrogens is 1. The maximum Gasteiger partial charge on any atom is 0.263 e. The average molecular weight is 497 g/mol. The van der Waals surface area contributed by atoms with Crippen molar-refractivity contribution in [3.05, 3.63) is 91.5 Å². The Balaban J connectivity index is 1.57. The van der Waals surface area contributed by atoms with Gasteiger partial charge in [-0.3, -0.25) is 9.36 Å². The fourth-order valence-corrected chi connectivity index (χ4v) is 6.78. The van der Waals surface area contributed by atoms with Crippen LogP contribution in [-0.2, 0) is 25.3 Å². The van der Waals surface area contributed by atoms with Gasteiger partial charge in [0.15, 0.2) is 5.16 Å². The normalized spacial score (nSPS) is 15.8. The van der Waals surface area contributed by atoms with Gasteiger partial charge in [-0.05, 0) is 42.7 Å². The van der Waals surface area contributed by atoms with Crippen molar-refractivity contribution < 1.29 is 4.90 Å². The maximum absolute atomic E-state index is 13.9. The Morgan fingerprint density at radius 3 is 2.61 bits per heavy atom. The zero-order valence-corrected chi connectivity index (χ0v) is 21.2. The van der Waals surface area contributed by atoms with Gasteiger partial charge >= 0.3 is 0 Å². The SMILES string of the molecule is CC(C)[NH+]1CCc2c(sc3nc(SCc4ccc(Cl)cc4)n(Cc4ccccc4)c(=O)c23)C1. The van der Waals surface area contributed by atoms with Crippen LogP contribution in [0.1, 0.15) is 35.4 Å². The molecule has 0 aliphatic carbocycles. The zero-order valence-electron chi connectivity index (χ0n) is 18.8. The molecule has 0 amide bonds. The molecule has 0 saturated heterocycles. The molecule has 33 heavy (non-hydrogen) atoms. The summed E-state index contributed by atoms with van der Waals surface area (Å²) in [4.78, 5) is 22.7. The number of rotatable bonds is 6. The second-order valence-electron chi connectivity index (χ2n) is 8.86. The summed E-state index contributed by atoms with van der Waals surface area (Å²) in [5, 5.41) is 2.34. The Hall–Kier alpha value is -2.12. The van der Waals surface area contributed by atoms with E-state index < -0.39 is 0 Å². The number of hydrogen-bond acceptors (Lipinski definition) is 4. The van der Waals surface area contributed by atoms with Crippen LogP contribution >= 0.6 is 34.7 Å². The molecular weight excluding hydrogens is 470 g/mol. The van der Waals surface area contributed by atoms with Gasteiger partial charge < -0.3 is 4.90 Å². The molecule has 1 aliphatic heterocycles. The van der Waals surface area contributed by atoms with Gasteiger partial charge in [-0.25, -0.2) is 4.98 Å². The summed E-state index contributed by atoms with van der Waals surface area (Å²) in [7, 11) is 0. The van der Waals surface area contributed by atoms with Crippen molar-refractivity contribution >= 4 is 44.9 Å². The molecule has 3 heterocycles. The van der Waals surface area contributed by atoms with E-state index in [1.165, 1.54) is 10.4 Å². The highest BCUT2D eigenvalue weighted by molar-refractivity contribution is 7.98. The molecule has 2 aromatic carbocycles. The summed E-state index contributed by atoms with van der Waals surface area (Å²) < 4.78 is 1.87. The van der Waals surface area contributed by atoms with Crippen LogP contribution < -0.4 is 10.5 Å². The Bertz CT molecular complexity index is 1330. The third-order valence-electron chi connectivity index (χ3n) is 6.32. The van der Waals surface area contributed by atoms with E-state index in [0.29, 0.717) is 12.6 Å². The number of aromatic nitrogens is 2. The topological polar surface area (TPSA) is 39.3 Å². The zero-order chi connectivity index (χ0) is 22.9. The third-order valence-corrected chi connectivity index (χ3v) is 8.75. The number of nitrogens with one attached hydrogen (secondary N) is 1. The minimum Gasteiger partial charge on any atom is -0.328 e. The predicted octanol–water partition coefficient (Wildman–Crippen LogP) is 4.80. The van der Waals surface area contributed by atoms with Crippen LogP contribution in [0.5, 0.6) is 0 Å². The summed E-state index contributed by atoms with van der Waals surface area (Å²) in [5.74, 6) is 0.736. The minimum absolute atomic E-state index is 0.0907. The number of thiophene rings is 1. The monoisotopic (exact) mass is 496 g/mol. The van der Waals surface area contributed by atoms with Gasteiger partial charge in [-0.2, -0.15) is 0 Å². The molecular formula is C26H27ClN3OS2+. The highest BCUT2D eigenvalue weighted by atomic mass is 35.5. The standard InChI is InChI=1S/C26H26ClN3OS2/c1-17(2)29-13-12-21-22(15-29)33-24-23(21)25(31)30(14-18-6-4-3-5-7-18)26(28-24)32-16-19-8-10-20(27)11-9-19/h3-11,17H,12-16H2,1-2H3/p+1. The smallest absolute Gasteiger partial charge is 0.263 e. The first-order valence-corrected chi connectivity index (χ1v) is 13.5. The number of nitrogens with zero attached hydrogens (tertiary/aromatic N) is 2. The molecule has 1 aliphatic rings. The molecule has 170 valence electrons. The van der Waals surface area contributed by atoms with Crippen molar-refractivity contribution in [3.8, 4) is 0 Å². The van der Waals surface area contributed by atoms with Crippen LogP contribution in [0.25, 0.3) is 10.2 Å². The predicted molar refractivity (Wildman–Crippen MR) is 139 cm³/mol. The van der Waals surface area contributed by atoms with Gasteiger partial charge in [0.1, 0.15) is 11.4 Å². The fraction of sp³-hybridized carbons (Fsp3) is 0.308. The van der Waals surface area contributed by atoms with E-state index in [-0.39, 0.29) is 5.56 Å². The molecule has 4 nitrogen and oxygen atoms in total. The van der Waals surface area contributed by atoms with Gasteiger partial charge in [0.25, 0.3) is 5.56 Å². The molecule has 0 saturated carbocycles. The van der Waals surface area contributed by atoms with E-state index in [1.54, 1.807) is 28.0 Å². The van der Waals surface area contributed by atoms with Crippen molar-refractivity contribution in [2.24, 2.45) is 0 Å². The number of hydrogen-bond donors (Lipinski definition) is 1. The summed E-state index contributed by atoms with van der Waals surface area (Å²) in [6.45, 7) is 7.12. The molecule has 0 fully saturated rings. The summed E-state index contributed by atoms with van der Waals surface area (Å²) in [6, 6.07) is 18.6. The number of thioether (sulfide) groups is 1. The van der Waals surface area contributed by atoms with Crippen molar-refractivity contribution in [2.75, 3.05) is 6.54 Å². The molecule has 1 unspecified atom stereocenters. The first-order valence-electron chi connectivity index (χ1n) is 11.3. The van der Waals surface area contributed by atoms with Crippen molar-refractivity contribution in [3.63, 3.8) is 0 Å². The van der Waals surface area contributed by atoms with Gasteiger partial charge in [0, 0.05) is 17.2 Å². The van der Waals surface area contributed by atoms with Crippen LogP contribution in [0.4, 0.5) is 0 Å². The lowest BCUT2D eigenvalue weighted by Crippen LogP contribution is -3.14. The third kappa shape index (κ3) is 4.76. The lowest BCUT2D eigenvalue weighted by atomic mass is 10.0. The summed E-state index contributed by atoms with van der Waals surface area (Å²) >= 11 is 9.37. The fourth-order valence-electron chi connectivity index (χ4n) is 4.39. The molecule has 7 heteroatoms. The van der Waals surface area contributed by atoms with Crippen molar-refractivity contribution in [1.29, 1.82) is 0 Å². The molecule has 0 spiro atoms. The average Bonchev–Trinajstić information content (AvgIpc) is 3.19. The number of fused-ring (bicyclic) bond motifs is 3. The Kier molecular flexibility index (Phi) is 6.61. The number of benzene rings is 2. The highest BCUT2D eigenvalue weighted by Crippen LogP contribution is 2.32. The lowest BCUT2D eigenvalue weighted by Gasteiger charge is -2.27. The molecule has 4 aromatic rings. The van der Waals surface area contributed by atoms with Crippen LogP contribution in [0.15, 0.2) is 64.5 Å². The van der Waals surface area contributed by atoms with Crippen LogP contribution in [-0.4, -0.2) is 22.1 Å². The molecule has 1 N–H and O–H groups in total. The summed E-state index contributed by atoms with van der Waals surface area (Å²) in [6.07, 6.45) is 0.947. The molecule has 2 aromatic heterocycles. The maximum atomic E-state index is 13.9. The van der Waals surface area contributed by atoms with Gasteiger partial charge in [0.2, 0.25) is 0 Å². The first-order chi connectivity index (χ1) is 16.0.